The van der Waals surface area contributed by atoms with Crippen molar-refractivity contribution in [3.05, 3.63) is 35.1 Å². The molecule has 1 heterocycles. The van der Waals surface area contributed by atoms with Gasteiger partial charge in [-0.25, -0.2) is 9.18 Å². The van der Waals surface area contributed by atoms with Crippen LogP contribution in [0.3, 0.4) is 0 Å². The molecule has 0 aromatic heterocycles. The van der Waals surface area contributed by atoms with Crippen LogP contribution in [0.1, 0.15) is 15.9 Å². The van der Waals surface area contributed by atoms with Crippen molar-refractivity contribution < 1.29 is 14.0 Å². The molecule has 1 saturated heterocycles. The Morgan fingerprint density at radius 2 is 1.67 bits per heavy atom. The van der Waals surface area contributed by atoms with Gasteiger partial charge in [0.2, 0.25) is 0 Å². The summed E-state index contributed by atoms with van der Waals surface area (Å²) in [5.74, 6) is -0.589. The molecule has 1 aromatic carbocycles. The minimum absolute atomic E-state index is 0.0518. The maximum Gasteiger partial charge on any atom is 0.319 e. The summed E-state index contributed by atoms with van der Waals surface area (Å²) in [6, 6.07) is 4.17. The molecule has 0 saturated carbocycles. The second-order valence-electron chi connectivity index (χ2n) is 5.42. The molecule has 0 radical (unpaired) electrons. The number of nitrogens with zero attached hydrogens (tertiary/aromatic N) is 3. The molecule has 2 rings (SSSR count). The van der Waals surface area contributed by atoms with Crippen molar-refractivity contribution in [2.45, 2.75) is 6.92 Å². The Morgan fingerprint density at radius 1 is 1.10 bits per heavy atom. The predicted octanol–water partition coefficient (Wildman–Crippen LogP) is 1.57. The number of benzene rings is 1. The van der Waals surface area contributed by atoms with Crippen molar-refractivity contribution in [3.8, 4) is 0 Å². The average molecular weight is 293 g/mol. The van der Waals surface area contributed by atoms with Crippen LogP contribution in [0, 0.1) is 12.7 Å². The summed E-state index contributed by atoms with van der Waals surface area (Å²) in [6.45, 7) is 3.72. The SMILES string of the molecule is Cc1ccc(F)cc1C(=O)N1CCN(C(=O)N(C)C)CC1. The van der Waals surface area contributed by atoms with E-state index < -0.39 is 5.82 Å². The van der Waals surface area contributed by atoms with Crippen molar-refractivity contribution in [2.75, 3.05) is 40.3 Å². The van der Waals surface area contributed by atoms with Crippen LogP contribution in [-0.4, -0.2) is 66.9 Å². The van der Waals surface area contributed by atoms with E-state index in [2.05, 4.69) is 0 Å². The van der Waals surface area contributed by atoms with Gasteiger partial charge in [-0.15, -0.1) is 0 Å². The second kappa shape index (κ2) is 6.11. The van der Waals surface area contributed by atoms with Crippen LogP contribution in [0.2, 0.25) is 0 Å². The number of urea groups is 1. The first kappa shape index (κ1) is 15.3. The monoisotopic (exact) mass is 293 g/mol. The van der Waals surface area contributed by atoms with E-state index in [0.717, 1.165) is 5.56 Å². The van der Waals surface area contributed by atoms with Gasteiger partial charge >= 0.3 is 6.03 Å². The van der Waals surface area contributed by atoms with E-state index >= 15 is 0 Å². The molecule has 0 N–H and O–H groups in total. The predicted molar refractivity (Wildman–Crippen MR) is 77.7 cm³/mol. The topological polar surface area (TPSA) is 43.9 Å². The van der Waals surface area contributed by atoms with Gasteiger partial charge in [-0.2, -0.15) is 0 Å². The molecule has 3 amide bonds. The van der Waals surface area contributed by atoms with E-state index in [0.29, 0.717) is 31.7 Å². The Labute approximate surface area is 123 Å². The van der Waals surface area contributed by atoms with Crippen LogP contribution in [-0.2, 0) is 0 Å². The van der Waals surface area contributed by atoms with Gasteiger partial charge in [-0.3, -0.25) is 4.79 Å². The highest BCUT2D eigenvalue weighted by atomic mass is 19.1. The molecule has 0 aliphatic carbocycles. The van der Waals surface area contributed by atoms with E-state index in [1.807, 2.05) is 0 Å². The zero-order valence-electron chi connectivity index (χ0n) is 12.6. The highest BCUT2D eigenvalue weighted by Gasteiger charge is 2.26. The van der Waals surface area contributed by atoms with Crippen LogP contribution < -0.4 is 0 Å². The third-order valence-corrected chi connectivity index (χ3v) is 3.65. The van der Waals surface area contributed by atoms with E-state index in [4.69, 9.17) is 0 Å². The molecular weight excluding hydrogens is 273 g/mol. The van der Waals surface area contributed by atoms with Crippen LogP contribution in [0.15, 0.2) is 18.2 Å². The number of carbonyl (C=O) groups is 2. The largest absolute Gasteiger partial charge is 0.335 e. The lowest BCUT2D eigenvalue weighted by Crippen LogP contribution is -2.52. The summed E-state index contributed by atoms with van der Waals surface area (Å²) in [6.07, 6.45) is 0. The summed E-state index contributed by atoms with van der Waals surface area (Å²) in [5, 5.41) is 0. The molecule has 1 aromatic rings. The smallest absolute Gasteiger partial charge is 0.319 e. The number of hydrogen-bond donors (Lipinski definition) is 0. The Balaban J connectivity index is 2.03. The molecule has 5 nitrogen and oxygen atoms in total. The van der Waals surface area contributed by atoms with Crippen LogP contribution in [0.5, 0.6) is 0 Å². The summed E-state index contributed by atoms with van der Waals surface area (Å²) in [5.41, 5.74) is 1.15. The molecule has 0 spiro atoms. The van der Waals surface area contributed by atoms with Gasteiger partial charge < -0.3 is 14.7 Å². The van der Waals surface area contributed by atoms with Crippen molar-refractivity contribution in [3.63, 3.8) is 0 Å². The number of rotatable bonds is 1. The lowest BCUT2D eigenvalue weighted by Gasteiger charge is -2.36. The average Bonchev–Trinajstić information content (AvgIpc) is 2.48. The molecule has 114 valence electrons. The zero-order chi connectivity index (χ0) is 15.6. The normalized spacial score (nSPS) is 15.0. The highest BCUT2D eigenvalue weighted by molar-refractivity contribution is 5.95. The molecule has 1 aliphatic rings. The Hall–Kier alpha value is -2.11. The summed E-state index contributed by atoms with van der Waals surface area (Å²) in [7, 11) is 3.41. The number of amides is 3. The Kier molecular flexibility index (Phi) is 4.45. The third kappa shape index (κ3) is 3.32. The number of aryl methyl sites for hydroxylation is 1. The number of hydrogen-bond acceptors (Lipinski definition) is 2. The fourth-order valence-electron chi connectivity index (χ4n) is 2.38. The minimum Gasteiger partial charge on any atom is -0.335 e. The maximum absolute atomic E-state index is 13.3. The van der Waals surface area contributed by atoms with E-state index in [1.165, 1.54) is 17.0 Å². The third-order valence-electron chi connectivity index (χ3n) is 3.65. The molecule has 0 bridgehead atoms. The van der Waals surface area contributed by atoms with Gasteiger partial charge in [0.1, 0.15) is 5.82 Å². The molecule has 1 aliphatic heterocycles. The summed E-state index contributed by atoms with van der Waals surface area (Å²) < 4.78 is 13.3. The minimum atomic E-state index is -0.412. The van der Waals surface area contributed by atoms with Gasteiger partial charge in [-0.1, -0.05) is 6.07 Å². The van der Waals surface area contributed by atoms with Gasteiger partial charge in [0, 0.05) is 45.8 Å². The number of carbonyl (C=O) groups excluding carboxylic acids is 2. The van der Waals surface area contributed by atoms with Gasteiger partial charge in [0.15, 0.2) is 0 Å². The number of halogens is 1. The lowest BCUT2D eigenvalue weighted by molar-refractivity contribution is 0.0649. The quantitative estimate of drug-likeness (QED) is 0.789. The van der Waals surface area contributed by atoms with Crippen molar-refractivity contribution >= 4 is 11.9 Å². The fraction of sp³-hybridized carbons (Fsp3) is 0.467. The highest BCUT2D eigenvalue weighted by Crippen LogP contribution is 2.15. The summed E-state index contributed by atoms with van der Waals surface area (Å²) >= 11 is 0. The second-order valence-corrected chi connectivity index (χ2v) is 5.42. The van der Waals surface area contributed by atoms with Crippen LogP contribution in [0.4, 0.5) is 9.18 Å². The Bertz CT molecular complexity index is 552. The standard InChI is InChI=1S/C15H20FN3O2/c1-11-4-5-12(16)10-13(11)14(20)18-6-8-19(9-7-18)15(21)17(2)3/h4-5,10H,6-9H2,1-3H3. The van der Waals surface area contributed by atoms with E-state index in [1.54, 1.807) is 36.9 Å². The van der Waals surface area contributed by atoms with Crippen LogP contribution in [0.25, 0.3) is 0 Å². The molecule has 21 heavy (non-hydrogen) atoms. The zero-order valence-corrected chi connectivity index (χ0v) is 12.6. The first-order chi connectivity index (χ1) is 9.90. The molecule has 1 fully saturated rings. The molecular formula is C15H20FN3O2. The van der Waals surface area contributed by atoms with Gasteiger partial charge in [-0.05, 0) is 24.6 Å². The molecule has 6 heteroatoms. The van der Waals surface area contributed by atoms with Crippen molar-refractivity contribution in [1.82, 2.24) is 14.7 Å². The Morgan fingerprint density at radius 3 is 2.24 bits per heavy atom. The fourth-order valence-corrected chi connectivity index (χ4v) is 2.38. The lowest BCUT2D eigenvalue weighted by atomic mass is 10.1. The molecule has 0 unspecified atom stereocenters. The maximum atomic E-state index is 13.3. The van der Waals surface area contributed by atoms with Crippen molar-refractivity contribution in [1.29, 1.82) is 0 Å². The first-order valence-electron chi connectivity index (χ1n) is 6.92. The van der Waals surface area contributed by atoms with Gasteiger partial charge in [0.05, 0.1) is 0 Å². The van der Waals surface area contributed by atoms with Crippen molar-refractivity contribution in [2.24, 2.45) is 0 Å². The van der Waals surface area contributed by atoms with E-state index in [9.17, 15) is 14.0 Å². The molecule has 0 atom stereocenters. The number of piperazine rings is 1. The van der Waals surface area contributed by atoms with Gasteiger partial charge in [0.25, 0.3) is 5.91 Å². The van der Waals surface area contributed by atoms with E-state index in [-0.39, 0.29) is 11.9 Å². The van der Waals surface area contributed by atoms with Crippen LogP contribution >= 0.6 is 0 Å². The first-order valence-corrected chi connectivity index (χ1v) is 6.92. The summed E-state index contributed by atoms with van der Waals surface area (Å²) in [4.78, 5) is 29.2.